The van der Waals surface area contributed by atoms with Crippen molar-refractivity contribution in [3.8, 4) is 0 Å². The molecule has 12 nitrogen and oxygen atoms in total. The fraction of sp³-hybridized carbons (Fsp3) is 0.700. The molecule has 0 heterocycles. The van der Waals surface area contributed by atoms with Crippen molar-refractivity contribution in [3.63, 3.8) is 0 Å². The van der Waals surface area contributed by atoms with E-state index in [0.717, 1.165) is 25.7 Å². The highest BCUT2D eigenvalue weighted by molar-refractivity contribution is 5.84. The Morgan fingerprint density at radius 3 is 1.09 bits per heavy atom. The van der Waals surface area contributed by atoms with Crippen LogP contribution in [0.3, 0.4) is 0 Å². The van der Waals surface area contributed by atoms with E-state index in [1.165, 1.54) is 0 Å². The van der Waals surface area contributed by atoms with Crippen molar-refractivity contribution in [1.82, 2.24) is 10.6 Å². The molecule has 0 radical (unpaired) electrons. The van der Waals surface area contributed by atoms with E-state index in [-0.39, 0.29) is 38.5 Å². The van der Waals surface area contributed by atoms with Crippen LogP contribution >= 0.6 is 0 Å². The summed E-state index contributed by atoms with van der Waals surface area (Å²) in [6.07, 6.45) is 3.32. The summed E-state index contributed by atoms with van der Waals surface area (Å²) in [5, 5.41) is 39.8. The highest BCUT2D eigenvalue weighted by atomic mass is 16.4. The molecule has 2 unspecified atom stereocenters. The molecule has 0 bridgehead atoms. The summed E-state index contributed by atoms with van der Waals surface area (Å²) in [4.78, 5) is 66.7. The van der Waals surface area contributed by atoms with E-state index in [0.29, 0.717) is 12.8 Å². The Morgan fingerprint density at radius 1 is 0.500 bits per heavy atom. The zero-order valence-corrected chi connectivity index (χ0v) is 17.9. The van der Waals surface area contributed by atoms with Gasteiger partial charge in [-0.1, -0.05) is 25.7 Å². The van der Waals surface area contributed by atoms with Gasteiger partial charge >= 0.3 is 23.9 Å². The van der Waals surface area contributed by atoms with Gasteiger partial charge in [-0.25, -0.2) is 9.59 Å². The Labute approximate surface area is 185 Å². The molecule has 0 aliphatic carbocycles. The molecular weight excluding hydrogens is 428 g/mol. The fourth-order valence-electron chi connectivity index (χ4n) is 2.86. The average Bonchev–Trinajstić information content (AvgIpc) is 2.69. The van der Waals surface area contributed by atoms with Crippen molar-refractivity contribution in [2.45, 2.75) is 89.1 Å². The molecule has 0 rings (SSSR count). The van der Waals surface area contributed by atoms with Crippen molar-refractivity contribution in [2.24, 2.45) is 0 Å². The summed E-state index contributed by atoms with van der Waals surface area (Å²) in [5.74, 6) is -5.73. The number of rotatable bonds is 19. The molecule has 0 aromatic heterocycles. The number of nitrogens with one attached hydrogen (secondary N) is 2. The lowest BCUT2D eigenvalue weighted by Gasteiger charge is -2.13. The average molecular weight is 460 g/mol. The maximum Gasteiger partial charge on any atom is 0.326 e. The first-order chi connectivity index (χ1) is 15.0. The molecule has 6 N–H and O–H groups in total. The Bertz CT molecular complexity index is 609. The van der Waals surface area contributed by atoms with E-state index in [1.54, 1.807) is 0 Å². The third-order valence-electron chi connectivity index (χ3n) is 4.62. The molecule has 0 aromatic rings. The summed E-state index contributed by atoms with van der Waals surface area (Å²) in [5.41, 5.74) is 0. The van der Waals surface area contributed by atoms with E-state index >= 15 is 0 Å². The van der Waals surface area contributed by atoms with Crippen LogP contribution in [0, 0.1) is 0 Å². The first-order valence-electron chi connectivity index (χ1n) is 10.5. The van der Waals surface area contributed by atoms with Crippen molar-refractivity contribution in [2.75, 3.05) is 0 Å². The Kier molecular flexibility index (Phi) is 14.9. The monoisotopic (exact) mass is 460 g/mol. The van der Waals surface area contributed by atoms with Crippen molar-refractivity contribution >= 4 is 35.7 Å². The predicted octanol–water partition coefficient (Wildman–Crippen LogP) is 0.976. The van der Waals surface area contributed by atoms with Gasteiger partial charge in [0.1, 0.15) is 12.1 Å². The molecule has 0 fully saturated rings. The second-order valence-corrected chi connectivity index (χ2v) is 7.40. The van der Waals surface area contributed by atoms with Gasteiger partial charge in [-0.15, -0.1) is 0 Å². The van der Waals surface area contributed by atoms with Gasteiger partial charge in [0.05, 0.1) is 0 Å². The molecule has 0 aliphatic heterocycles. The SMILES string of the molecule is O=C(O)CCC(NC(=O)CCCCCCCCC(=O)NC(CCC(=O)O)C(=O)O)C(=O)O. The number of amides is 2. The van der Waals surface area contributed by atoms with Gasteiger partial charge in [0.2, 0.25) is 11.8 Å². The van der Waals surface area contributed by atoms with Crippen LogP contribution in [0.5, 0.6) is 0 Å². The number of carbonyl (C=O) groups is 6. The number of carbonyl (C=O) groups excluding carboxylic acids is 2. The van der Waals surface area contributed by atoms with E-state index < -0.39 is 47.8 Å². The molecule has 2 amide bonds. The maximum absolute atomic E-state index is 11.8. The lowest BCUT2D eigenvalue weighted by molar-refractivity contribution is -0.144. The van der Waals surface area contributed by atoms with Crippen LogP contribution in [0.25, 0.3) is 0 Å². The summed E-state index contributed by atoms with van der Waals surface area (Å²) in [6.45, 7) is 0. The highest BCUT2D eigenvalue weighted by Gasteiger charge is 2.21. The number of unbranched alkanes of at least 4 members (excludes halogenated alkanes) is 5. The van der Waals surface area contributed by atoms with Gasteiger partial charge in [0.25, 0.3) is 0 Å². The zero-order valence-electron chi connectivity index (χ0n) is 17.9. The standard InChI is InChI=1S/C20H32N2O10/c23-15(21-13(19(29)30)9-11-17(25)26)7-5-3-1-2-4-6-8-16(24)22-14(20(31)32)10-12-18(27)28/h13-14H,1-12H2,(H,21,23)(H,22,24)(H,25,26)(H,27,28)(H,29,30)(H,31,32). The highest BCUT2D eigenvalue weighted by Crippen LogP contribution is 2.09. The lowest BCUT2D eigenvalue weighted by atomic mass is 10.1. The summed E-state index contributed by atoms with van der Waals surface area (Å²) < 4.78 is 0. The van der Waals surface area contributed by atoms with Crippen LogP contribution in [0.1, 0.15) is 77.0 Å². The Morgan fingerprint density at radius 2 is 0.812 bits per heavy atom. The number of carboxylic acid groups (broad SMARTS) is 4. The second kappa shape index (κ2) is 16.5. The smallest absolute Gasteiger partial charge is 0.326 e. The minimum absolute atomic E-state index is 0.131. The number of carboxylic acids is 4. The normalized spacial score (nSPS) is 12.4. The molecule has 2 atom stereocenters. The molecule has 0 saturated carbocycles. The summed E-state index contributed by atoms with van der Waals surface area (Å²) in [7, 11) is 0. The largest absolute Gasteiger partial charge is 0.481 e. The topological polar surface area (TPSA) is 207 Å². The van der Waals surface area contributed by atoms with Crippen LogP contribution in [-0.4, -0.2) is 68.2 Å². The van der Waals surface area contributed by atoms with Crippen molar-refractivity contribution < 1.29 is 49.2 Å². The predicted molar refractivity (Wildman–Crippen MR) is 110 cm³/mol. The first-order valence-corrected chi connectivity index (χ1v) is 10.5. The summed E-state index contributed by atoms with van der Waals surface area (Å²) in [6, 6.07) is -2.45. The van der Waals surface area contributed by atoms with Crippen LogP contribution in [0.4, 0.5) is 0 Å². The molecule has 0 spiro atoms. The van der Waals surface area contributed by atoms with Gasteiger partial charge in [0, 0.05) is 25.7 Å². The minimum atomic E-state index is -1.28. The van der Waals surface area contributed by atoms with Crippen LogP contribution in [0.2, 0.25) is 0 Å². The number of hydrogen-bond donors (Lipinski definition) is 6. The first kappa shape index (κ1) is 28.8. The summed E-state index contributed by atoms with van der Waals surface area (Å²) >= 11 is 0. The molecule has 0 aliphatic rings. The molecule has 32 heavy (non-hydrogen) atoms. The molecule has 0 aromatic carbocycles. The van der Waals surface area contributed by atoms with Gasteiger partial charge in [0.15, 0.2) is 0 Å². The molecular formula is C20H32N2O10. The third-order valence-corrected chi connectivity index (χ3v) is 4.62. The quantitative estimate of drug-likeness (QED) is 0.150. The maximum atomic E-state index is 11.8. The minimum Gasteiger partial charge on any atom is -0.481 e. The van der Waals surface area contributed by atoms with Crippen LogP contribution in [-0.2, 0) is 28.8 Å². The van der Waals surface area contributed by atoms with E-state index in [1.807, 2.05) is 0 Å². The van der Waals surface area contributed by atoms with E-state index in [4.69, 9.17) is 20.4 Å². The second-order valence-electron chi connectivity index (χ2n) is 7.40. The lowest BCUT2D eigenvalue weighted by Crippen LogP contribution is -2.41. The Balaban J connectivity index is 3.90. The zero-order chi connectivity index (χ0) is 24.5. The number of hydrogen-bond acceptors (Lipinski definition) is 6. The molecule has 182 valence electrons. The van der Waals surface area contributed by atoms with Gasteiger partial charge in [-0.05, 0) is 25.7 Å². The molecule has 0 saturated heterocycles. The number of aliphatic carboxylic acids is 4. The van der Waals surface area contributed by atoms with Gasteiger partial charge in [-0.2, -0.15) is 0 Å². The van der Waals surface area contributed by atoms with E-state index in [2.05, 4.69) is 10.6 Å². The van der Waals surface area contributed by atoms with Gasteiger partial charge < -0.3 is 31.1 Å². The van der Waals surface area contributed by atoms with Gasteiger partial charge in [-0.3, -0.25) is 19.2 Å². The molecule has 12 heteroatoms. The van der Waals surface area contributed by atoms with Crippen LogP contribution < -0.4 is 10.6 Å². The van der Waals surface area contributed by atoms with Crippen molar-refractivity contribution in [1.29, 1.82) is 0 Å². The third kappa shape index (κ3) is 15.6. The van der Waals surface area contributed by atoms with Crippen molar-refractivity contribution in [3.05, 3.63) is 0 Å². The Hall–Kier alpha value is -3.18. The van der Waals surface area contributed by atoms with Crippen LogP contribution in [0.15, 0.2) is 0 Å². The van der Waals surface area contributed by atoms with E-state index in [9.17, 15) is 28.8 Å². The fourth-order valence-corrected chi connectivity index (χ4v) is 2.86.